The summed E-state index contributed by atoms with van der Waals surface area (Å²) in [6, 6.07) is 1.94. The molecule has 1 aromatic rings. The van der Waals surface area contributed by atoms with Crippen LogP contribution in [0.2, 0.25) is 0 Å². The minimum atomic E-state index is -0.0801. The first-order valence-corrected chi connectivity index (χ1v) is 6.79. The van der Waals surface area contributed by atoms with Crippen LogP contribution in [0.4, 0.5) is 5.69 Å². The zero-order valence-electron chi connectivity index (χ0n) is 11.5. The van der Waals surface area contributed by atoms with Crippen molar-refractivity contribution < 1.29 is 9.53 Å². The van der Waals surface area contributed by atoms with E-state index in [9.17, 15) is 4.79 Å². The summed E-state index contributed by atoms with van der Waals surface area (Å²) in [6.45, 7) is 6.33. The Hall–Kier alpha value is -1.62. The number of amides is 1. The number of aromatic nitrogens is 1. The van der Waals surface area contributed by atoms with E-state index in [4.69, 9.17) is 4.74 Å². The number of nitrogens with zero attached hydrogens (tertiary/aromatic N) is 1. The molecule has 1 aromatic heterocycles. The van der Waals surface area contributed by atoms with Crippen molar-refractivity contribution in [1.29, 1.82) is 0 Å². The molecule has 1 aliphatic heterocycles. The summed E-state index contributed by atoms with van der Waals surface area (Å²) >= 11 is 0. The molecule has 2 N–H and O–H groups in total. The summed E-state index contributed by atoms with van der Waals surface area (Å²) in [5.74, 6) is 0.326. The summed E-state index contributed by atoms with van der Waals surface area (Å²) in [5, 5.41) is 6.21. The summed E-state index contributed by atoms with van der Waals surface area (Å²) < 4.78 is 5.35. The van der Waals surface area contributed by atoms with E-state index >= 15 is 0 Å². The number of nitrogens with one attached hydrogen (secondary N) is 2. The normalized spacial score (nSPS) is 20.0. The Balaban J connectivity index is 2.02. The van der Waals surface area contributed by atoms with Crippen molar-refractivity contribution in [3.8, 4) is 0 Å². The van der Waals surface area contributed by atoms with Gasteiger partial charge < -0.3 is 15.4 Å². The van der Waals surface area contributed by atoms with E-state index in [-0.39, 0.29) is 11.9 Å². The Labute approximate surface area is 113 Å². The highest BCUT2D eigenvalue weighted by molar-refractivity contribution is 5.99. The van der Waals surface area contributed by atoms with Gasteiger partial charge >= 0.3 is 0 Å². The van der Waals surface area contributed by atoms with Crippen molar-refractivity contribution in [3.63, 3.8) is 0 Å². The summed E-state index contributed by atoms with van der Waals surface area (Å²) in [7, 11) is 0. The molecule has 2 atom stereocenters. The fraction of sp³-hybridized carbons (Fsp3) is 0.571. The smallest absolute Gasteiger partial charge is 0.255 e. The van der Waals surface area contributed by atoms with Gasteiger partial charge in [0.2, 0.25) is 0 Å². The first kappa shape index (κ1) is 13.8. The highest BCUT2D eigenvalue weighted by Crippen LogP contribution is 2.18. The number of pyridine rings is 1. The number of carbonyl (C=O) groups excluding carboxylic acids is 1. The van der Waals surface area contributed by atoms with Gasteiger partial charge in [-0.05, 0) is 26.3 Å². The molecule has 0 radical (unpaired) electrons. The van der Waals surface area contributed by atoms with Crippen molar-refractivity contribution >= 4 is 11.6 Å². The van der Waals surface area contributed by atoms with Gasteiger partial charge in [0, 0.05) is 37.5 Å². The Morgan fingerprint density at radius 1 is 1.63 bits per heavy atom. The Kier molecular flexibility index (Phi) is 4.74. The molecule has 1 fully saturated rings. The molecule has 2 heterocycles. The monoisotopic (exact) mass is 263 g/mol. The summed E-state index contributed by atoms with van der Waals surface area (Å²) in [4.78, 5) is 16.3. The molecule has 0 aliphatic carbocycles. The molecule has 1 saturated heterocycles. The first-order chi connectivity index (χ1) is 9.22. The number of anilines is 1. The minimum absolute atomic E-state index is 0.0801. The average Bonchev–Trinajstić information content (AvgIpc) is 2.93. The fourth-order valence-corrected chi connectivity index (χ4v) is 2.27. The summed E-state index contributed by atoms with van der Waals surface area (Å²) in [6.07, 6.45) is 4.29. The molecule has 2 rings (SSSR count). The predicted molar refractivity (Wildman–Crippen MR) is 74.3 cm³/mol. The van der Waals surface area contributed by atoms with Gasteiger partial charge in [0.05, 0.1) is 17.9 Å². The van der Waals surface area contributed by atoms with E-state index in [1.54, 1.807) is 12.4 Å². The van der Waals surface area contributed by atoms with Crippen molar-refractivity contribution in [2.75, 3.05) is 25.1 Å². The molecule has 0 bridgehead atoms. The number of carbonyl (C=O) groups is 1. The van der Waals surface area contributed by atoms with Crippen LogP contribution in [0, 0.1) is 5.92 Å². The van der Waals surface area contributed by atoms with Crippen molar-refractivity contribution in [2.45, 2.75) is 26.3 Å². The quantitative estimate of drug-likeness (QED) is 0.848. The van der Waals surface area contributed by atoms with Crippen LogP contribution in [0.3, 0.4) is 0 Å². The third-order valence-electron chi connectivity index (χ3n) is 3.46. The highest BCUT2D eigenvalue weighted by Gasteiger charge is 2.24. The van der Waals surface area contributed by atoms with Crippen LogP contribution in [0.5, 0.6) is 0 Å². The lowest BCUT2D eigenvalue weighted by molar-refractivity contribution is 0.0922. The zero-order chi connectivity index (χ0) is 13.7. The second-order valence-corrected chi connectivity index (χ2v) is 4.84. The van der Waals surface area contributed by atoms with E-state index < -0.39 is 0 Å². The summed E-state index contributed by atoms with van der Waals surface area (Å²) in [5.41, 5.74) is 1.42. The van der Waals surface area contributed by atoms with Gasteiger partial charge in [-0.15, -0.1) is 0 Å². The number of hydrogen-bond acceptors (Lipinski definition) is 4. The molecule has 0 aromatic carbocycles. The largest absolute Gasteiger partial charge is 0.385 e. The van der Waals surface area contributed by atoms with Crippen LogP contribution in [0.1, 0.15) is 30.6 Å². The third kappa shape index (κ3) is 3.44. The molecule has 5 heteroatoms. The van der Waals surface area contributed by atoms with Crippen molar-refractivity contribution in [2.24, 2.45) is 5.92 Å². The SMILES string of the molecule is CCNc1ccncc1C(=O)NC(C)C1CCOC1. The topological polar surface area (TPSA) is 63.2 Å². The standard InChI is InChI=1S/C14H21N3O2/c1-3-16-13-4-6-15-8-12(13)14(18)17-10(2)11-5-7-19-9-11/h4,6,8,10-11H,3,5,7,9H2,1-2H3,(H,15,16)(H,17,18). The lowest BCUT2D eigenvalue weighted by atomic mass is 10.0. The number of hydrogen-bond donors (Lipinski definition) is 2. The van der Waals surface area contributed by atoms with Gasteiger partial charge in [-0.2, -0.15) is 0 Å². The lowest BCUT2D eigenvalue weighted by Crippen LogP contribution is -2.38. The van der Waals surface area contributed by atoms with Crippen LogP contribution >= 0.6 is 0 Å². The maximum absolute atomic E-state index is 12.3. The van der Waals surface area contributed by atoms with Crippen molar-refractivity contribution in [3.05, 3.63) is 24.0 Å². The van der Waals surface area contributed by atoms with E-state index in [1.807, 2.05) is 19.9 Å². The van der Waals surface area contributed by atoms with Crippen molar-refractivity contribution in [1.82, 2.24) is 10.3 Å². The Morgan fingerprint density at radius 3 is 3.16 bits per heavy atom. The third-order valence-corrected chi connectivity index (χ3v) is 3.46. The Bertz CT molecular complexity index is 430. The number of rotatable bonds is 5. The second-order valence-electron chi connectivity index (χ2n) is 4.84. The lowest BCUT2D eigenvalue weighted by Gasteiger charge is -2.20. The van der Waals surface area contributed by atoms with Crippen LogP contribution in [0.15, 0.2) is 18.5 Å². The number of ether oxygens (including phenoxy) is 1. The molecular weight excluding hydrogens is 242 g/mol. The van der Waals surface area contributed by atoms with Crippen LogP contribution in [-0.4, -0.2) is 36.7 Å². The van der Waals surface area contributed by atoms with E-state index in [0.717, 1.165) is 31.9 Å². The van der Waals surface area contributed by atoms with Crippen LogP contribution in [-0.2, 0) is 4.74 Å². The van der Waals surface area contributed by atoms with E-state index in [2.05, 4.69) is 15.6 Å². The molecule has 1 amide bonds. The van der Waals surface area contributed by atoms with Gasteiger partial charge in [0.15, 0.2) is 0 Å². The van der Waals surface area contributed by atoms with Gasteiger partial charge in [0.1, 0.15) is 0 Å². The molecule has 5 nitrogen and oxygen atoms in total. The van der Waals surface area contributed by atoms with Gasteiger partial charge in [-0.25, -0.2) is 0 Å². The second kappa shape index (κ2) is 6.52. The molecule has 19 heavy (non-hydrogen) atoms. The molecular formula is C14H21N3O2. The molecule has 0 spiro atoms. The van der Waals surface area contributed by atoms with E-state index in [0.29, 0.717) is 11.5 Å². The first-order valence-electron chi connectivity index (χ1n) is 6.79. The van der Waals surface area contributed by atoms with E-state index in [1.165, 1.54) is 0 Å². The predicted octanol–water partition coefficient (Wildman–Crippen LogP) is 1.67. The molecule has 2 unspecified atom stereocenters. The maximum Gasteiger partial charge on any atom is 0.255 e. The minimum Gasteiger partial charge on any atom is -0.385 e. The van der Waals surface area contributed by atoms with Gasteiger partial charge in [0.25, 0.3) is 5.91 Å². The highest BCUT2D eigenvalue weighted by atomic mass is 16.5. The van der Waals surface area contributed by atoms with Gasteiger partial charge in [-0.1, -0.05) is 0 Å². The molecule has 0 saturated carbocycles. The molecule has 1 aliphatic rings. The van der Waals surface area contributed by atoms with Crippen LogP contribution in [0.25, 0.3) is 0 Å². The van der Waals surface area contributed by atoms with Gasteiger partial charge in [-0.3, -0.25) is 9.78 Å². The zero-order valence-corrected chi connectivity index (χ0v) is 11.5. The maximum atomic E-state index is 12.3. The molecule has 104 valence electrons. The fourth-order valence-electron chi connectivity index (χ4n) is 2.27. The van der Waals surface area contributed by atoms with Crippen LogP contribution < -0.4 is 10.6 Å². The average molecular weight is 263 g/mol. The Morgan fingerprint density at radius 2 is 2.47 bits per heavy atom.